The van der Waals surface area contributed by atoms with Gasteiger partial charge in [-0.15, -0.1) is 0 Å². The third-order valence-electron chi connectivity index (χ3n) is 5.11. The Morgan fingerprint density at radius 3 is 2.52 bits per heavy atom. The van der Waals surface area contributed by atoms with Crippen LogP contribution in [0.25, 0.3) is 0 Å². The van der Waals surface area contributed by atoms with E-state index >= 15 is 0 Å². The summed E-state index contributed by atoms with van der Waals surface area (Å²) in [6.07, 6.45) is 2.82. The molecule has 25 heavy (non-hydrogen) atoms. The van der Waals surface area contributed by atoms with Crippen LogP contribution in [0.3, 0.4) is 0 Å². The second kappa shape index (κ2) is 6.10. The lowest BCUT2D eigenvalue weighted by molar-refractivity contribution is -0.147. The van der Waals surface area contributed by atoms with E-state index in [1.165, 1.54) is 4.31 Å². The lowest BCUT2D eigenvalue weighted by Crippen LogP contribution is -2.52. The summed E-state index contributed by atoms with van der Waals surface area (Å²) in [7, 11) is -4.07. The Bertz CT molecular complexity index is 903. The van der Waals surface area contributed by atoms with Crippen molar-refractivity contribution in [1.82, 2.24) is 19.2 Å². The molecule has 3 heterocycles. The highest BCUT2D eigenvalue weighted by Crippen LogP contribution is 2.42. The summed E-state index contributed by atoms with van der Waals surface area (Å²) in [6.45, 7) is 4.82. The second-order valence-corrected chi connectivity index (χ2v) is 8.91. The summed E-state index contributed by atoms with van der Waals surface area (Å²) >= 11 is 0. The smallest absolute Gasteiger partial charge is 0.325 e. The third-order valence-corrected chi connectivity index (χ3v) is 6.96. The normalized spacial score (nSPS) is 25.2. The Kier molecular flexibility index (Phi) is 4.36. The highest BCUT2D eigenvalue weighted by molar-refractivity contribution is 7.89. The number of likely N-dealkylation sites (tertiary alicyclic amines) is 1. The van der Waals surface area contributed by atoms with Crippen molar-refractivity contribution in [3.8, 4) is 0 Å². The van der Waals surface area contributed by atoms with Gasteiger partial charge < -0.3 is 9.88 Å². The molecule has 2 N–H and O–H groups in total. The molecule has 0 aliphatic carbocycles. The zero-order valence-electron chi connectivity index (χ0n) is 14.2. The van der Waals surface area contributed by atoms with Crippen LogP contribution >= 0.6 is 0 Å². The number of piperidine rings is 1. The molecule has 1 spiro atoms. The molecular weight excluding hydrogens is 348 g/mol. The van der Waals surface area contributed by atoms with Gasteiger partial charge in [0.2, 0.25) is 15.9 Å². The van der Waals surface area contributed by atoms with Gasteiger partial charge in [0.05, 0.1) is 5.41 Å². The van der Waals surface area contributed by atoms with Crippen LogP contribution in [0.15, 0.2) is 20.7 Å². The Labute approximate surface area is 145 Å². The maximum absolute atomic E-state index is 12.9. The van der Waals surface area contributed by atoms with Crippen molar-refractivity contribution in [1.29, 1.82) is 0 Å². The minimum Gasteiger partial charge on any atom is -0.340 e. The number of carbonyl (C=O) groups is 1. The van der Waals surface area contributed by atoms with Crippen LogP contribution in [-0.2, 0) is 14.8 Å². The molecule has 2 aliphatic rings. The largest absolute Gasteiger partial charge is 0.340 e. The molecule has 138 valence electrons. The van der Waals surface area contributed by atoms with Crippen molar-refractivity contribution in [2.45, 2.75) is 44.0 Å². The number of hydrogen-bond acceptors (Lipinski definition) is 5. The molecule has 3 rings (SSSR count). The van der Waals surface area contributed by atoms with Gasteiger partial charge in [0.15, 0.2) is 4.90 Å². The van der Waals surface area contributed by atoms with Gasteiger partial charge >= 0.3 is 5.69 Å². The second-order valence-electron chi connectivity index (χ2n) is 7.00. The third kappa shape index (κ3) is 2.93. The molecule has 2 saturated heterocycles. The SMILES string of the molecule is CC(C)N1CCC[C@@]2(CCN(S(=O)(=O)c3c[nH]c(=O)[nH]c3=O)C2)C1=O. The summed E-state index contributed by atoms with van der Waals surface area (Å²) in [5, 5.41) is 0. The number of aromatic amines is 2. The van der Waals surface area contributed by atoms with Crippen LogP contribution in [0.4, 0.5) is 0 Å². The van der Waals surface area contributed by atoms with Crippen LogP contribution in [-0.4, -0.2) is 59.2 Å². The van der Waals surface area contributed by atoms with E-state index in [1.807, 2.05) is 18.8 Å². The zero-order chi connectivity index (χ0) is 18.4. The molecule has 2 fully saturated rings. The Morgan fingerprint density at radius 2 is 1.88 bits per heavy atom. The van der Waals surface area contributed by atoms with Crippen LogP contribution in [0, 0.1) is 5.41 Å². The Balaban J connectivity index is 1.90. The standard InChI is InChI=1S/C15H22N4O5S/c1-10(2)19-6-3-4-15(13(19)21)5-7-18(9-15)25(23,24)11-8-16-14(22)17-12(11)20/h8,10H,3-7,9H2,1-2H3,(H2,16,17,20,22)/t15-/m0/s1. The molecule has 0 aromatic carbocycles. The van der Waals surface area contributed by atoms with Gasteiger partial charge in [-0.25, -0.2) is 13.2 Å². The van der Waals surface area contributed by atoms with E-state index in [0.717, 1.165) is 12.6 Å². The molecule has 0 saturated carbocycles. The predicted octanol–water partition coefficient (Wildman–Crippen LogP) is -0.525. The molecule has 0 unspecified atom stereocenters. The molecule has 1 atom stereocenters. The molecule has 0 radical (unpaired) electrons. The maximum Gasteiger partial charge on any atom is 0.325 e. The first kappa shape index (κ1) is 17.9. The summed E-state index contributed by atoms with van der Waals surface area (Å²) in [4.78, 5) is 41.3. The highest BCUT2D eigenvalue weighted by Gasteiger charge is 2.51. The topological polar surface area (TPSA) is 123 Å². The van der Waals surface area contributed by atoms with Gasteiger partial charge in [-0.1, -0.05) is 0 Å². The minimum atomic E-state index is -4.07. The van der Waals surface area contributed by atoms with Crippen molar-refractivity contribution in [3.63, 3.8) is 0 Å². The van der Waals surface area contributed by atoms with E-state index in [9.17, 15) is 22.8 Å². The van der Waals surface area contributed by atoms with Crippen molar-refractivity contribution in [3.05, 3.63) is 27.0 Å². The van der Waals surface area contributed by atoms with Gasteiger partial charge in [-0.2, -0.15) is 4.31 Å². The Hall–Kier alpha value is -1.94. The van der Waals surface area contributed by atoms with E-state index in [-0.39, 0.29) is 25.0 Å². The molecule has 1 aromatic heterocycles. The summed E-state index contributed by atoms with van der Waals surface area (Å²) in [5.41, 5.74) is -2.44. The first-order valence-corrected chi connectivity index (χ1v) is 9.75. The fraction of sp³-hybridized carbons (Fsp3) is 0.667. The number of rotatable bonds is 3. The van der Waals surface area contributed by atoms with Crippen molar-refractivity contribution < 1.29 is 13.2 Å². The van der Waals surface area contributed by atoms with Crippen molar-refractivity contribution in [2.24, 2.45) is 5.41 Å². The molecule has 1 aromatic rings. The number of sulfonamides is 1. The summed E-state index contributed by atoms with van der Waals surface area (Å²) in [6, 6.07) is 0.0670. The summed E-state index contributed by atoms with van der Waals surface area (Å²) in [5.74, 6) is -0.0122. The van der Waals surface area contributed by atoms with Gasteiger partial charge in [0, 0.05) is 31.9 Å². The van der Waals surface area contributed by atoms with Crippen LogP contribution in [0.2, 0.25) is 0 Å². The number of amides is 1. The molecule has 1 amide bonds. The Morgan fingerprint density at radius 1 is 1.16 bits per heavy atom. The van der Waals surface area contributed by atoms with E-state index in [2.05, 4.69) is 4.98 Å². The molecular formula is C15H22N4O5S. The zero-order valence-corrected chi connectivity index (χ0v) is 15.1. The fourth-order valence-corrected chi connectivity index (χ4v) is 5.26. The van der Waals surface area contributed by atoms with E-state index in [1.54, 1.807) is 4.90 Å². The lowest BCUT2D eigenvalue weighted by Gasteiger charge is -2.41. The van der Waals surface area contributed by atoms with Gasteiger partial charge in [0.1, 0.15) is 0 Å². The minimum absolute atomic E-state index is 0.0122. The first-order chi connectivity index (χ1) is 11.7. The van der Waals surface area contributed by atoms with Crippen molar-refractivity contribution >= 4 is 15.9 Å². The van der Waals surface area contributed by atoms with Crippen LogP contribution in [0.1, 0.15) is 33.1 Å². The first-order valence-electron chi connectivity index (χ1n) is 8.31. The van der Waals surface area contributed by atoms with Gasteiger partial charge in [-0.05, 0) is 33.1 Å². The molecule has 0 bridgehead atoms. The number of nitrogens with one attached hydrogen (secondary N) is 2. The number of H-pyrrole nitrogens is 2. The average Bonchev–Trinajstić information content (AvgIpc) is 2.95. The number of nitrogens with zero attached hydrogens (tertiary/aromatic N) is 2. The van der Waals surface area contributed by atoms with Gasteiger partial charge in [0.25, 0.3) is 5.56 Å². The monoisotopic (exact) mass is 370 g/mol. The fourth-order valence-electron chi connectivity index (χ4n) is 3.74. The predicted molar refractivity (Wildman–Crippen MR) is 89.6 cm³/mol. The summed E-state index contributed by atoms with van der Waals surface area (Å²) < 4.78 is 26.7. The average molecular weight is 370 g/mol. The number of aromatic nitrogens is 2. The van der Waals surface area contributed by atoms with Gasteiger partial charge in [-0.3, -0.25) is 14.6 Å². The van der Waals surface area contributed by atoms with Crippen LogP contribution < -0.4 is 11.2 Å². The van der Waals surface area contributed by atoms with E-state index < -0.39 is 31.6 Å². The van der Waals surface area contributed by atoms with Crippen LogP contribution in [0.5, 0.6) is 0 Å². The lowest BCUT2D eigenvalue weighted by atomic mass is 9.78. The van der Waals surface area contributed by atoms with E-state index in [4.69, 9.17) is 0 Å². The number of carbonyl (C=O) groups excluding carboxylic acids is 1. The number of hydrogen-bond donors (Lipinski definition) is 2. The highest BCUT2D eigenvalue weighted by atomic mass is 32.2. The van der Waals surface area contributed by atoms with Crippen molar-refractivity contribution in [2.75, 3.05) is 19.6 Å². The van der Waals surface area contributed by atoms with E-state index in [0.29, 0.717) is 19.4 Å². The molecule has 2 aliphatic heterocycles. The molecule has 9 nitrogen and oxygen atoms in total. The maximum atomic E-state index is 12.9. The quantitative estimate of drug-likeness (QED) is 0.741. The molecule has 10 heteroatoms.